The molecule has 1 unspecified atom stereocenters. The Balaban J connectivity index is 1.61. The van der Waals surface area contributed by atoms with Crippen LogP contribution in [0.4, 0.5) is 0 Å². The second-order valence-corrected chi connectivity index (χ2v) is 5.09. The van der Waals surface area contributed by atoms with Crippen LogP contribution in [0.5, 0.6) is 5.75 Å². The summed E-state index contributed by atoms with van der Waals surface area (Å²) in [5.74, 6) is 1.65. The molecule has 92 valence electrons. The number of rotatable bonds is 3. The van der Waals surface area contributed by atoms with Gasteiger partial charge in [0.2, 0.25) is 0 Å². The molecule has 0 aromatic heterocycles. The fourth-order valence-electron chi connectivity index (χ4n) is 2.66. The van der Waals surface area contributed by atoms with Crippen LogP contribution >= 0.6 is 0 Å². The topological polar surface area (TPSA) is 44.5 Å². The minimum absolute atomic E-state index is 0.205. The van der Waals surface area contributed by atoms with Crippen LogP contribution in [0.25, 0.3) is 0 Å². The van der Waals surface area contributed by atoms with Crippen molar-refractivity contribution in [1.82, 2.24) is 0 Å². The molecular formula is C14H19NO2. The minimum Gasteiger partial charge on any atom is -0.493 e. The molecule has 2 N–H and O–H groups in total. The summed E-state index contributed by atoms with van der Waals surface area (Å²) in [7, 11) is 0. The van der Waals surface area contributed by atoms with Gasteiger partial charge >= 0.3 is 0 Å². The lowest BCUT2D eigenvalue weighted by atomic mass is 9.81. The molecule has 0 saturated heterocycles. The highest BCUT2D eigenvalue weighted by atomic mass is 16.5. The van der Waals surface area contributed by atoms with Gasteiger partial charge in [0, 0.05) is 18.0 Å². The molecule has 1 aromatic carbocycles. The molecule has 3 nitrogen and oxygen atoms in total. The minimum atomic E-state index is 0.205. The third-order valence-electron chi connectivity index (χ3n) is 3.71. The maximum absolute atomic E-state index is 6.03. The summed E-state index contributed by atoms with van der Waals surface area (Å²) in [4.78, 5) is 0. The predicted molar refractivity (Wildman–Crippen MR) is 65.9 cm³/mol. The monoisotopic (exact) mass is 233 g/mol. The standard InChI is InChI=1S/C14H19NO2/c15-11-7-10(8-11)9-17-14-5-6-16-13-4-2-1-3-12(13)14/h1-4,10-11,14H,5-9,15H2. The SMILES string of the molecule is NC1CC(COC2CCOc3ccccc32)C1. The third kappa shape index (κ3) is 2.31. The van der Waals surface area contributed by atoms with Crippen molar-refractivity contribution in [3.05, 3.63) is 29.8 Å². The summed E-state index contributed by atoms with van der Waals surface area (Å²) in [5, 5.41) is 0. The molecule has 0 amide bonds. The van der Waals surface area contributed by atoms with Gasteiger partial charge < -0.3 is 15.2 Å². The molecule has 0 radical (unpaired) electrons. The van der Waals surface area contributed by atoms with Crippen LogP contribution in [0.2, 0.25) is 0 Å². The Morgan fingerprint density at radius 1 is 1.29 bits per heavy atom. The van der Waals surface area contributed by atoms with Crippen molar-refractivity contribution in [2.45, 2.75) is 31.4 Å². The lowest BCUT2D eigenvalue weighted by molar-refractivity contribution is -0.0140. The number of fused-ring (bicyclic) bond motifs is 1. The van der Waals surface area contributed by atoms with Gasteiger partial charge in [0.1, 0.15) is 5.75 Å². The van der Waals surface area contributed by atoms with Crippen LogP contribution in [0.1, 0.15) is 30.9 Å². The van der Waals surface area contributed by atoms with E-state index in [9.17, 15) is 0 Å². The molecule has 17 heavy (non-hydrogen) atoms. The van der Waals surface area contributed by atoms with E-state index in [1.165, 1.54) is 5.56 Å². The molecule has 3 heteroatoms. The van der Waals surface area contributed by atoms with E-state index in [0.717, 1.165) is 38.2 Å². The van der Waals surface area contributed by atoms with Gasteiger partial charge in [-0.15, -0.1) is 0 Å². The molecule has 1 heterocycles. The first-order valence-electron chi connectivity index (χ1n) is 6.42. The second kappa shape index (κ2) is 4.67. The van der Waals surface area contributed by atoms with Crippen LogP contribution in [-0.4, -0.2) is 19.3 Å². The smallest absolute Gasteiger partial charge is 0.125 e. The van der Waals surface area contributed by atoms with E-state index in [4.69, 9.17) is 15.2 Å². The van der Waals surface area contributed by atoms with Crippen molar-refractivity contribution in [1.29, 1.82) is 0 Å². The normalized spacial score (nSPS) is 31.2. The Bertz CT molecular complexity index is 388. The maximum atomic E-state index is 6.03. The quantitative estimate of drug-likeness (QED) is 0.871. The summed E-state index contributed by atoms with van der Waals surface area (Å²) in [5.41, 5.74) is 6.98. The van der Waals surface area contributed by atoms with Gasteiger partial charge in [-0.05, 0) is 24.8 Å². The van der Waals surface area contributed by atoms with Crippen LogP contribution < -0.4 is 10.5 Å². The molecule has 1 fully saturated rings. The van der Waals surface area contributed by atoms with E-state index in [2.05, 4.69) is 6.07 Å². The third-order valence-corrected chi connectivity index (χ3v) is 3.71. The molecule has 1 aliphatic heterocycles. The Morgan fingerprint density at radius 2 is 2.12 bits per heavy atom. The fourth-order valence-corrected chi connectivity index (χ4v) is 2.66. The van der Waals surface area contributed by atoms with Gasteiger partial charge in [0.05, 0.1) is 19.3 Å². The van der Waals surface area contributed by atoms with Gasteiger partial charge in [-0.2, -0.15) is 0 Å². The highest BCUT2D eigenvalue weighted by molar-refractivity contribution is 5.36. The first kappa shape index (κ1) is 11.1. The zero-order chi connectivity index (χ0) is 11.7. The lowest BCUT2D eigenvalue weighted by Gasteiger charge is -2.34. The first-order valence-corrected chi connectivity index (χ1v) is 6.42. The van der Waals surface area contributed by atoms with Crippen molar-refractivity contribution in [3.8, 4) is 5.75 Å². The Morgan fingerprint density at radius 3 is 2.94 bits per heavy atom. The molecule has 1 saturated carbocycles. The van der Waals surface area contributed by atoms with Gasteiger partial charge in [-0.1, -0.05) is 18.2 Å². The van der Waals surface area contributed by atoms with Gasteiger partial charge in [-0.3, -0.25) is 0 Å². The van der Waals surface area contributed by atoms with E-state index in [1.807, 2.05) is 18.2 Å². The summed E-state index contributed by atoms with van der Waals surface area (Å²) in [6, 6.07) is 8.58. The summed E-state index contributed by atoms with van der Waals surface area (Å²) in [6.45, 7) is 1.60. The Hall–Kier alpha value is -1.06. The molecule has 1 aromatic rings. The zero-order valence-electron chi connectivity index (χ0n) is 9.97. The van der Waals surface area contributed by atoms with E-state index in [0.29, 0.717) is 12.0 Å². The van der Waals surface area contributed by atoms with Crippen molar-refractivity contribution >= 4 is 0 Å². The molecule has 0 bridgehead atoms. The van der Waals surface area contributed by atoms with Crippen LogP contribution in [0, 0.1) is 5.92 Å². The highest BCUT2D eigenvalue weighted by Gasteiger charge is 2.28. The van der Waals surface area contributed by atoms with E-state index in [-0.39, 0.29) is 6.10 Å². The van der Waals surface area contributed by atoms with Crippen molar-refractivity contribution in [3.63, 3.8) is 0 Å². The van der Waals surface area contributed by atoms with Gasteiger partial charge in [0.15, 0.2) is 0 Å². The second-order valence-electron chi connectivity index (χ2n) is 5.09. The predicted octanol–water partition coefficient (Wildman–Crippen LogP) is 2.26. The van der Waals surface area contributed by atoms with E-state index >= 15 is 0 Å². The van der Waals surface area contributed by atoms with Crippen molar-refractivity contribution in [2.75, 3.05) is 13.2 Å². The highest BCUT2D eigenvalue weighted by Crippen LogP contribution is 2.35. The average molecular weight is 233 g/mol. The Kier molecular flexibility index (Phi) is 3.04. The molecule has 2 aliphatic rings. The van der Waals surface area contributed by atoms with Crippen LogP contribution in [0.15, 0.2) is 24.3 Å². The van der Waals surface area contributed by atoms with Crippen molar-refractivity contribution in [2.24, 2.45) is 11.7 Å². The number of ether oxygens (including phenoxy) is 2. The lowest BCUT2D eigenvalue weighted by Crippen LogP contribution is -2.38. The molecular weight excluding hydrogens is 214 g/mol. The summed E-state index contributed by atoms with van der Waals surface area (Å²) >= 11 is 0. The first-order chi connectivity index (χ1) is 8.33. The number of hydrogen-bond donors (Lipinski definition) is 1. The molecule has 0 spiro atoms. The van der Waals surface area contributed by atoms with Crippen LogP contribution in [0.3, 0.4) is 0 Å². The molecule has 1 atom stereocenters. The summed E-state index contributed by atoms with van der Waals surface area (Å²) in [6.07, 6.45) is 3.39. The van der Waals surface area contributed by atoms with Gasteiger partial charge in [-0.25, -0.2) is 0 Å². The molecule has 1 aliphatic carbocycles. The average Bonchev–Trinajstić information content (AvgIpc) is 2.33. The van der Waals surface area contributed by atoms with E-state index in [1.54, 1.807) is 0 Å². The van der Waals surface area contributed by atoms with Crippen molar-refractivity contribution < 1.29 is 9.47 Å². The number of benzene rings is 1. The Labute approximate surface area is 102 Å². The van der Waals surface area contributed by atoms with Crippen LogP contribution in [-0.2, 0) is 4.74 Å². The fraction of sp³-hybridized carbons (Fsp3) is 0.571. The summed E-state index contributed by atoms with van der Waals surface area (Å²) < 4.78 is 11.6. The number of hydrogen-bond acceptors (Lipinski definition) is 3. The zero-order valence-corrected chi connectivity index (χ0v) is 9.97. The number of nitrogens with two attached hydrogens (primary N) is 1. The van der Waals surface area contributed by atoms with E-state index < -0.39 is 0 Å². The largest absolute Gasteiger partial charge is 0.493 e. The molecule has 3 rings (SSSR count). The van der Waals surface area contributed by atoms with Gasteiger partial charge in [0.25, 0.3) is 0 Å². The number of para-hydroxylation sites is 1. The maximum Gasteiger partial charge on any atom is 0.125 e.